The van der Waals surface area contributed by atoms with Crippen LogP contribution < -0.4 is 10.9 Å². The average Bonchev–Trinajstić information content (AvgIpc) is 2.97. The number of hydrazine groups is 1. The summed E-state index contributed by atoms with van der Waals surface area (Å²) in [6.07, 6.45) is 3.68. The fourth-order valence-corrected chi connectivity index (χ4v) is 5.43. The third kappa shape index (κ3) is 4.39. The van der Waals surface area contributed by atoms with Crippen LogP contribution >= 0.6 is 0 Å². The van der Waals surface area contributed by atoms with E-state index in [4.69, 9.17) is 4.42 Å². The topological polar surface area (TPSA) is 109 Å². The van der Waals surface area contributed by atoms with E-state index in [1.807, 2.05) is 12.1 Å². The third-order valence-corrected chi connectivity index (χ3v) is 7.53. The summed E-state index contributed by atoms with van der Waals surface area (Å²) in [5.41, 5.74) is 6.04. The van der Waals surface area contributed by atoms with Gasteiger partial charge in [-0.2, -0.15) is 4.31 Å². The highest BCUT2D eigenvalue weighted by atomic mass is 32.2. The first kappa shape index (κ1) is 22.0. The average molecular weight is 456 g/mol. The van der Waals surface area contributed by atoms with Crippen LogP contribution in [-0.4, -0.2) is 37.6 Å². The van der Waals surface area contributed by atoms with Gasteiger partial charge in [0.05, 0.1) is 4.90 Å². The number of sulfonamides is 1. The summed E-state index contributed by atoms with van der Waals surface area (Å²) in [7, 11) is -3.69. The van der Waals surface area contributed by atoms with Crippen molar-refractivity contribution in [2.45, 2.75) is 37.5 Å². The van der Waals surface area contributed by atoms with E-state index in [-0.39, 0.29) is 16.2 Å². The molecule has 0 saturated carbocycles. The standard InChI is InChI=1S/C23H25N3O5S/c1-16-19-11-4-5-12-20(19)31-21(16)23(28)25-24-22(27)17-9-8-10-18(15-17)32(29,30)26-13-6-2-3-7-14-26/h4-5,8-12,15H,2-3,6-7,13-14H2,1H3,(H,24,27)(H,25,28). The van der Waals surface area contributed by atoms with Gasteiger partial charge in [0.15, 0.2) is 5.76 Å². The molecule has 4 rings (SSSR count). The van der Waals surface area contributed by atoms with Gasteiger partial charge in [-0.1, -0.05) is 37.1 Å². The molecule has 0 atom stereocenters. The van der Waals surface area contributed by atoms with Crippen molar-refractivity contribution in [2.75, 3.05) is 13.1 Å². The Kier molecular flexibility index (Phi) is 6.29. The summed E-state index contributed by atoms with van der Waals surface area (Å²) in [4.78, 5) is 25.2. The molecule has 3 aromatic rings. The van der Waals surface area contributed by atoms with Crippen LogP contribution in [0, 0.1) is 6.92 Å². The van der Waals surface area contributed by atoms with E-state index in [9.17, 15) is 18.0 Å². The number of carbonyl (C=O) groups is 2. The van der Waals surface area contributed by atoms with Gasteiger partial charge in [0.1, 0.15) is 5.58 Å². The molecule has 0 bridgehead atoms. The largest absolute Gasteiger partial charge is 0.451 e. The normalized spacial score (nSPS) is 15.3. The lowest BCUT2D eigenvalue weighted by molar-refractivity contribution is 0.0831. The molecule has 2 N–H and O–H groups in total. The molecule has 1 aliphatic rings. The van der Waals surface area contributed by atoms with Crippen LogP contribution in [0.4, 0.5) is 0 Å². The highest BCUT2D eigenvalue weighted by Gasteiger charge is 2.26. The number of aryl methyl sites for hydroxylation is 1. The molecule has 1 aliphatic heterocycles. The predicted molar refractivity (Wildman–Crippen MR) is 120 cm³/mol. The van der Waals surface area contributed by atoms with Gasteiger partial charge in [-0.3, -0.25) is 20.4 Å². The van der Waals surface area contributed by atoms with Crippen molar-refractivity contribution in [3.63, 3.8) is 0 Å². The summed E-state index contributed by atoms with van der Waals surface area (Å²) >= 11 is 0. The number of furan rings is 1. The zero-order valence-corrected chi connectivity index (χ0v) is 18.6. The maximum Gasteiger partial charge on any atom is 0.305 e. The van der Waals surface area contributed by atoms with E-state index in [2.05, 4.69) is 10.9 Å². The molecule has 9 heteroatoms. The van der Waals surface area contributed by atoms with Crippen molar-refractivity contribution in [3.05, 3.63) is 65.4 Å². The van der Waals surface area contributed by atoms with Gasteiger partial charge < -0.3 is 4.42 Å². The first-order valence-electron chi connectivity index (χ1n) is 10.6. The highest BCUT2D eigenvalue weighted by molar-refractivity contribution is 7.89. The number of benzene rings is 2. The molecule has 2 amide bonds. The van der Waals surface area contributed by atoms with Crippen LogP contribution in [0.3, 0.4) is 0 Å². The number of amides is 2. The third-order valence-electron chi connectivity index (χ3n) is 5.64. The van der Waals surface area contributed by atoms with Gasteiger partial charge in [0.2, 0.25) is 10.0 Å². The van der Waals surface area contributed by atoms with Gasteiger partial charge in [-0.15, -0.1) is 0 Å². The second-order valence-electron chi connectivity index (χ2n) is 7.81. The number of nitrogens with one attached hydrogen (secondary N) is 2. The van der Waals surface area contributed by atoms with Crippen LogP contribution in [0.15, 0.2) is 57.8 Å². The molecule has 1 fully saturated rings. The van der Waals surface area contributed by atoms with Crippen LogP contribution in [0.2, 0.25) is 0 Å². The number of hydrogen-bond donors (Lipinski definition) is 2. The van der Waals surface area contributed by atoms with Crippen molar-refractivity contribution in [1.29, 1.82) is 0 Å². The number of rotatable bonds is 4. The summed E-state index contributed by atoms with van der Waals surface area (Å²) in [5, 5.41) is 0.815. The van der Waals surface area contributed by atoms with E-state index in [0.717, 1.165) is 31.1 Å². The molecule has 1 saturated heterocycles. The number of carbonyl (C=O) groups excluding carboxylic acids is 2. The van der Waals surface area contributed by atoms with Crippen molar-refractivity contribution >= 4 is 32.8 Å². The van der Waals surface area contributed by atoms with Crippen molar-refractivity contribution in [1.82, 2.24) is 15.2 Å². The van der Waals surface area contributed by atoms with Crippen LogP contribution in [-0.2, 0) is 10.0 Å². The summed E-state index contributed by atoms with van der Waals surface area (Å²) < 4.78 is 33.1. The summed E-state index contributed by atoms with van der Waals surface area (Å²) in [6.45, 7) is 2.72. The minimum atomic E-state index is -3.69. The molecule has 0 spiro atoms. The molecule has 0 radical (unpaired) electrons. The smallest absolute Gasteiger partial charge is 0.305 e. The Balaban J connectivity index is 1.47. The minimum Gasteiger partial charge on any atom is -0.451 e. The molecule has 0 unspecified atom stereocenters. The Labute approximate surface area is 186 Å². The van der Waals surface area contributed by atoms with E-state index >= 15 is 0 Å². The zero-order chi connectivity index (χ0) is 22.7. The quantitative estimate of drug-likeness (QED) is 0.586. The fraction of sp³-hybridized carbons (Fsp3) is 0.304. The van der Waals surface area contributed by atoms with Crippen LogP contribution in [0.5, 0.6) is 0 Å². The molecule has 2 aromatic carbocycles. The second kappa shape index (κ2) is 9.13. The SMILES string of the molecule is Cc1c(C(=O)NNC(=O)c2cccc(S(=O)(=O)N3CCCCCC3)c2)oc2ccccc12. The van der Waals surface area contributed by atoms with Gasteiger partial charge >= 0.3 is 5.91 Å². The van der Waals surface area contributed by atoms with Crippen LogP contribution in [0.1, 0.15) is 52.2 Å². The van der Waals surface area contributed by atoms with Crippen molar-refractivity contribution in [3.8, 4) is 0 Å². The van der Waals surface area contributed by atoms with Crippen molar-refractivity contribution < 1.29 is 22.4 Å². The number of fused-ring (bicyclic) bond motifs is 1. The molecule has 168 valence electrons. The molecule has 8 nitrogen and oxygen atoms in total. The van der Waals surface area contributed by atoms with E-state index in [0.29, 0.717) is 24.2 Å². The van der Waals surface area contributed by atoms with Gasteiger partial charge in [0.25, 0.3) is 5.91 Å². The molecular formula is C23H25N3O5S. The highest BCUT2D eigenvalue weighted by Crippen LogP contribution is 2.25. The molecule has 32 heavy (non-hydrogen) atoms. The van der Waals surface area contributed by atoms with E-state index in [1.165, 1.54) is 28.6 Å². The maximum atomic E-state index is 13.0. The Hall–Kier alpha value is -3.17. The molecule has 2 heterocycles. The number of para-hydroxylation sites is 1. The first-order valence-corrected chi connectivity index (χ1v) is 12.0. The minimum absolute atomic E-state index is 0.0616. The van der Waals surface area contributed by atoms with Crippen molar-refractivity contribution in [2.24, 2.45) is 0 Å². The lowest BCUT2D eigenvalue weighted by Gasteiger charge is -2.20. The number of nitrogens with zero attached hydrogens (tertiary/aromatic N) is 1. The lowest BCUT2D eigenvalue weighted by atomic mass is 10.1. The Bertz CT molecular complexity index is 1260. The van der Waals surface area contributed by atoms with E-state index in [1.54, 1.807) is 19.1 Å². The zero-order valence-electron chi connectivity index (χ0n) is 17.8. The Morgan fingerprint density at radius 1 is 0.906 bits per heavy atom. The van der Waals surface area contributed by atoms with Gasteiger partial charge in [-0.25, -0.2) is 8.42 Å². The molecular weight excluding hydrogens is 430 g/mol. The summed E-state index contributed by atoms with van der Waals surface area (Å²) in [6, 6.07) is 13.1. The second-order valence-corrected chi connectivity index (χ2v) is 9.74. The van der Waals surface area contributed by atoms with Crippen LogP contribution in [0.25, 0.3) is 11.0 Å². The Morgan fingerprint density at radius 3 is 2.31 bits per heavy atom. The van der Waals surface area contributed by atoms with E-state index < -0.39 is 21.8 Å². The summed E-state index contributed by atoms with van der Waals surface area (Å²) in [5.74, 6) is -1.12. The Morgan fingerprint density at radius 2 is 1.59 bits per heavy atom. The molecule has 0 aliphatic carbocycles. The predicted octanol–water partition coefficient (Wildman–Crippen LogP) is 3.38. The van der Waals surface area contributed by atoms with Gasteiger partial charge in [0, 0.05) is 29.6 Å². The molecule has 1 aromatic heterocycles. The monoisotopic (exact) mass is 455 g/mol. The maximum absolute atomic E-state index is 13.0. The first-order chi connectivity index (χ1) is 15.4. The fourth-order valence-electron chi connectivity index (χ4n) is 3.86. The van der Waals surface area contributed by atoms with Gasteiger partial charge in [-0.05, 0) is 44.0 Å². The lowest BCUT2D eigenvalue weighted by Crippen LogP contribution is -2.41. The number of hydrogen-bond acceptors (Lipinski definition) is 5.